The van der Waals surface area contributed by atoms with Gasteiger partial charge in [-0.2, -0.15) is 0 Å². The highest BCUT2D eigenvalue weighted by Crippen LogP contribution is 2.19. The fraction of sp³-hybridized carbons (Fsp3) is 0.400. The van der Waals surface area contributed by atoms with Crippen molar-refractivity contribution in [2.75, 3.05) is 20.5 Å². The summed E-state index contributed by atoms with van der Waals surface area (Å²) >= 11 is 3.34. The third-order valence-electron chi connectivity index (χ3n) is 1.79. The number of aliphatic hydroxyl groups excluding tert-OH is 1. The van der Waals surface area contributed by atoms with Gasteiger partial charge in [-0.15, -0.1) is 0 Å². The van der Waals surface area contributed by atoms with Crippen LogP contribution in [0, 0.1) is 0 Å². The van der Waals surface area contributed by atoms with Crippen LogP contribution in [-0.2, 0) is 9.47 Å². The molecular formula is C10H13BrO3. The average molecular weight is 261 g/mol. The van der Waals surface area contributed by atoms with Crippen molar-refractivity contribution < 1.29 is 14.6 Å². The topological polar surface area (TPSA) is 38.7 Å². The fourth-order valence-corrected chi connectivity index (χ4v) is 1.35. The molecule has 1 aromatic rings. The van der Waals surface area contributed by atoms with Gasteiger partial charge < -0.3 is 14.6 Å². The summed E-state index contributed by atoms with van der Waals surface area (Å²) in [5.41, 5.74) is 0.938. The van der Waals surface area contributed by atoms with E-state index in [1.165, 1.54) is 0 Å². The van der Waals surface area contributed by atoms with Crippen LogP contribution in [0.5, 0.6) is 0 Å². The highest BCUT2D eigenvalue weighted by molar-refractivity contribution is 9.10. The molecule has 0 saturated heterocycles. The Labute approximate surface area is 91.8 Å². The molecule has 3 nitrogen and oxygen atoms in total. The predicted octanol–water partition coefficient (Wildman–Crippen LogP) is 2.10. The molecule has 1 N–H and O–H groups in total. The zero-order valence-electron chi connectivity index (χ0n) is 7.94. The van der Waals surface area contributed by atoms with Gasteiger partial charge in [0.2, 0.25) is 0 Å². The molecule has 0 radical (unpaired) electrons. The maximum absolute atomic E-state index is 9.08. The van der Waals surface area contributed by atoms with Gasteiger partial charge in [0.1, 0.15) is 12.9 Å². The van der Waals surface area contributed by atoms with E-state index < -0.39 is 0 Å². The van der Waals surface area contributed by atoms with Crippen molar-refractivity contribution in [1.29, 1.82) is 0 Å². The van der Waals surface area contributed by atoms with Gasteiger partial charge >= 0.3 is 0 Å². The second kappa shape index (κ2) is 6.14. The third kappa shape index (κ3) is 3.38. The quantitative estimate of drug-likeness (QED) is 0.825. The molecule has 4 heteroatoms. The lowest BCUT2D eigenvalue weighted by Crippen LogP contribution is -2.10. The van der Waals surface area contributed by atoms with Gasteiger partial charge in [0.25, 0.3) is 0 Å². The number of hydrogen-bond donors (Lipinski definition) is 1. The Balaban J connectivity index is 2.64. The Morgan fingerprint density at radius 2 is 2.00 bits per heavy atom. The highest BCUT2D eigenvalue weighted by Gasteiger charge is 2.09. The number of ether oxygens (including phenoxy) is 2. The number of benzene rings is 1. The van der Waals surface area contributed by atoms with Crippen molar-refractivity contribution in [3.8, 4) is 0 Å². The minimum absolute atomic E-state index is 0.0506. The Morgan fingerprint density at radius 1 is 1.36 bits per heavy atom. The van der Waals surface area contributed by atoms with Crippen molar-refractivity contribution in [1.82, 2.24) is 0 Å². The molecule has 0 fully saturated rings. The molecule has 0 aliphatic carbocycles. The first-order valence-corrected chi connectivity index (χ1v) is 5.04. The molecule has 0 saturated carbocycles. The molecule has 1 aromatic carbocycles. The van der Waals surface area contributed by atoms with E-state index in [2.05, 4.69) is 15.9 Å². The van der Waals surface area contributed by atoms with Gasteiger partial charge in [-0.25, -0.2) is 0 Å². The first kappa shape index (κ1) is 11.7. The van der Waals surface area contributed by atoms with Crippen LogP contribution in [-0.4, -0.2) is 25.6 Å². The Bertz CT molecular complexity index is 261. The zero-order chi connectivity index (χ0) is 10.4. The van der Waals surface area contributed by atoms with E-state index in [1.54, 1.807) is 7.11 Å². The van der Waals surface area contributed by atoms with Crippen molar-refractivity contribution in [2.45, 2.75) is 6.10 Å². The van der Waals surface area contributed by atoms with Crippen LogP contribution in [0.2, 0.25) is 0 Å². The molecule has 0 bridgehead atoms. The molecule has 0 aromatic heterocycles. The molecule has 0 unspecified atom stereocenters. The van der Waals surface area contributed by atoms with Crippen LogP contribution in [0.3, 0.4) is 0 Å². The second-order valence-corrected chi connectivity index (χ2v) is 3.71. The van der Waals surface area contributed by atoms with Gasteiger partial charge in [0.15, 0.2) is 0 Å². The summed E-state index contributed by atoms with van der Waals surface area (Å²) in [6.07, 6.45) is -0.317. The molecular weight excluding hydrogens is 248 g/mol. The number of aliphatic hydroxyl groups is 1. The summed E-state index contributed by atoms with van der Waals surface area (Å²) in [6.45, 7) is 0.131. The Hall–Kier alpha value is -0.420. The third-order valence-corrected chi connectivity index (χ3v) is 2.32. The van der Waals surface area contributed by atoms with Crippen molar-refractivity contribution in [3.63, 3.8) is 0 Å². The molecule has 0 heterocycles. The maximum Gasteiger partial charge on any atom is 0.147 e. The van der Waals surface area contributed by atoms with E-state index >= 15 is 0 Å². The van der Waals surface area contributed by atoms with Crippen LogP contribution >= 0.6 is 15.9 Å². The largest absolute Gasteiger partial charge is 0.393 e. The lowest BCUT2D eigenvalue weighted by molar-refractivity contribution is -0.0888. The Kier molecular flexibility index (Phi) is 5.11. The molecule has 0 aliphatic rings. The summed E-state index contributed by atoms with van der Waals surface area (Å²) in [5, 5.41) is 9.08. The number of hydrogen-bond acceptors (Lipinski definition) is 3. The van der Waals surface area contributed by atoms with Crippen LogP contribution < -0.4 is 0 Å². The summed E-state index contributed by atoms with van der Waals surface area (Å²) in [4.78, 5) is 0. The summed E-state index contributed by atoms with van der Waals surface area (Å²) in [6, 6.07) is 7.63. The van der Waals surface area contributed by atoms with Gasteiger partial charge in [-0.05, 0) is 17.7 Å². The lowest BCUT2D eigenvalue weighted by Gasteiger charge is -2.14. The van der Waals surface area contributed by atoms with Crippen LogP contribution in [0.25, 0.3) is 0 Å². The van der Waals surface area contributed by atoms with E-state index in [-0.39, 0.29) is 19.5 Å². The standard InChI is InChI=1S/C10H13BrO3/c1-13-7-14-10(6-12)8-2-4-9(11)5-3-8/h2-5,10,12H,6-7H2,1H3/t10-/m0/s1. The predicted molar refractivity (Wildman–Crippen MR) is 56.9 cm³/mol. The van der Waals surface area contributed by atoms with Crippen LogP contribution in [0.1, 0.15) is 11.7 Å². The smallest absolute Gasteiger partial charge is 0.147 e. The fourth-order valence-electron chi connectivity index (χ4n) is 1.08. The normalized spacial score (nSPS) is 12.8. The van der Waals surface area contributed by atoms with E-state index in [9.17, 15) is 0 Å². The molecule has 1 rings (SSSR count). The van der Waals surface area contributed by atoms with Gasteiger partial charge in [0.05, 0.1) is 6.61 Å². The zero-order valence-corrected chi connectivity index (χ0v) is 9.53. The van der Waals surface area contributed by atoms with Gasteiger partial charge in [-0.3, -0.25) is 0 Å². The molecule has 78 valence electrons. The van der Waals surface area contributed by atoms with Crippen LogP contribution in [0.15, 0.2) is 28.7 Å². The first-order valence-electron chi connectivity index (χ1n) is 4.24. The number of rotatable bonds is 5. The second-order valence-electron chi connectivity index (χ2n) is 2.80. The minimum atomic E-state index is -0.317. The Morgan fingerprint density at radius 3 is 2.50 bits per heavy atom. The van der Waals surface area contributed by atoms with E-state index in [0.717, 1.165) is 10.0 Å². The first-order chi connectivity index (χ1) is 6.77. The number of halogens is 1. The van der Waals surface area contributed by atoms with Gasteiger partial charge in [-0.1, -0.05) is 28.1 Å². The highest BCUT2D eigenvalue weighted by atomic mass is 79.9. The molecule has 0 aliphatic heterocycles. The van der Waals surface area contributed by atoms with E-state index in [4.69, 9.17) is 14.6 Å². The summed E-state index contributed by atoms with van der Waals surface area (Å²) in [7, 11) is 1.55. The summed E-state index contributed by atoms with van der Waals surface area (Å²) < 4.78 is 11.1. The molecule has 0 amide bonds. The summed E-state index contributed by atoms with van der Waals surface area (Å²) in [5.74, 6) is 0. The van der Waals surface area contributed by atoms with Crippen molar-refractivity contribution in [3.05, 3.63) is 34.3 Å². The number of methoxy groups -OCH3 is 1. The SMILES string of the molecule is COCO[C@@H](CO)c1ccc(Br)cc1. The molecule has 0 spiro atoms. The van der Waals surface area contributed by atoms with Crippen molar-refractivity contribution >= 4 is 15.9 Å². The van der Waals surface area contributed by atoms with E-state index in [1.807, 2.05) is 24.3 Å². The lowest BCUT2D eigenvalue weighted by atomic mass is 10.1. The minimum Gasteiger partial charge on any atom is -0.393 e. The van der Waals surface area contributed by atoms with Crippen LogP contribution in [0.4, 0.5) is 0 Å². The van der Waals surface area contributed by atoms with Crippen molar-refractivity contribution in [2.24, 2.45) is 0 Å². The van der Waals surface area contributed by atoms with Gasteiger partial charge in [0, 0.05) is 11.6 Å². The molecule has 14 heavy (non-hydrogen) atoms. The average Bonchev–Trinajstić information content (AvgIpc) is 2.21. The maximum atomic E-state index is 9.08. The molecule has 1 atom stereocenters. The monoisotopic (exact) mass is 260 g/mol. The van der Waals surface area contributed by atoms with E-state index in [0.29, 0.717) is 0 Å².